The minimum Gasteiger partial charge on any atom is -0.398 e. The van der Waals surface area contributed by atoms with Crippen LogP contribution in [-0.4, -0.2) is 12.3 Å². The monoisotopic (exact) mass is 246 g/mol. The van der Waals surface area contributed by atoms with Gasteiger partial charge in [0, 0.05) is 12.0 Å². The molecule has 6 heteroatoms. The quantitative estimate of drug-likeness (QED) is 0.632. The summed E-state index contributed by atoms with van der Waals surface area (Å²) in [6.07, 6.45) is -4.02. The van der Waals surface area contributed by atoms with Crippen molar-refractivity contribution in [2.45, 2.75) is 19.0 Å². The van der Waals surface area contributed by atoms with E-state index in [4.69, 9.17) is 11.5 Å². The first kappa shape index (κ1) is 13.5. The Labute approximate surface area is 96.6 Å². The van der Waals surface area contributed by atoms with E-state index in [-0.39, 0.29) is 12.0 Å². The first-order chi connectivity index (χ1) is 7.88. The van der Waals surface area contributed by atoms with Crippen LogP contribution in [-0.2, 0) is 6.18 Å². The van der Waals surface area contributed by atoms with Gasteiger partial charge in [-0.1, -0.05) is 6.07 Å². The average molecular weight is 246 g/mol. The van der Waals surface area contributed by atoms with Crippen molar-refractivity contribution < 1.29 is 18.0 Å². The smallest absolute Gasteiger partial charge is 0.398 e. The van der Waals surface area contributed by atoms with Gasteiger partial charge in [-0.05, 0) is 25.1 Å². The lowest BCUT2D eigenvalue weighted by atomic mass is 10.0. The molecule has 0 fully saturated rings. The van der Waals surface area contributed by atoms with Gasteiger partial charge in [-0.3, -0.25) is 4.79 Å². The highest BCUT2D eigenvalue weighted by molar-refractivity contribution is 6.01. The van der Waals surface area contributed by atoms with Gasteiger partial charge in [0.05, 0.1) is 11.3 Å². The highest BCUT2D eigenvalue weighted by Crippen LogP contribution is 2.35. The second-order valence-corrected chi connectivity index (χ2v) is 3.58. The molecule has 0 aromatic heterocycles. The summed E-state index contributed by atoms with van der Waals surface area (Å²) in [5, 5.41) is 0. The van der Waals surface area contributed by atoms with Crippen LogP contribution < -0.4 is 11.5 Å². The lowest BCUT2D eigenvalue weighted by molar-refractivity contribution is -0.136. The number of Topliss-reactive ketones (excluding diaryl/α,β-unsaturated/α-hetero) is 1. The molecule has 0 bridgehead atoms. The van der Waals surface area contributed by atoms with Crippen molar-refractivity contribution in [2.24, 2.45) is 5.73 Å². The molecule has 0 radical (unpaired) electrons. The van der Waals surface area contributed by atoms with Crippen molar-refractivity contribution in [3.63, 3.8) is 0 Å². The van der Waals surface area contributed by atoms with Gasteiger partial charge >= 0.3 is 6.18 Å². The molecule has 1 aromatic carbocycles. The number of carbonyl (C=O) groups is 1. The Hall–Kier alpha value is -1.56. The van der Waals surface area contributed by atoms with Gasteiger partial charge in [0.1, 0.15) is 0 Å². The number of carbonyl (C=O) groups excluding carboxylic acids is 1. The predicted molar refractivity (Wildman–Crippen MR) is 58.5 cm³/mol. The van der Waals surface area contributed by atoms with Crippen LogP contribution in [0.3, 0.4) is 0 Å². The zero-order valence-corrected chi connectivity index (χ0v) is 9.05. The second kappa shape index (κ2) is 5.18. The Kier molecular flexibility index (Phi) is 4.11. The van der Waals surface area contributed by atoms with E-state index >= 15 is 0 Å². The van der Waals surface area contributed by atoms with Crippen LogP contribution in [0, 0.1) is 0 Å². The van der Waals surface area contributed by atoms with Crippen molar-refractivity contribution in [3.8, 4) is 0 Å². The Morgan fingerprint density at radius 2 is 1.94 bits per heavy atom. The summed E-state index contributed by atoms with van der Waals surface area (Å²) in [4.78, 5) is 11.6. The molecule has 4 N–H and O–H groups in total. The maximum Gasteiger partial charge on any atom is 0.418 e. The third-order valence-corrected chi connectivity index (χ3v) is 2.32. The summed E-state index contributed by atoms with van der Waals surface area (Å²) < 4.78 is 37.6. The third-order valence-electron chi connectivity index (χ3n) is 2.32. The minimum atomic E-state index is -4.55. The van der Waals surface area contributed by atoms with Gasteiger partial charge in [0.2, 0.25) is 0 Å². The minimum absolute atomic E-state index is 0.0896. The Bertz CT molecular complexity index is 416. The summed E-state index contributed by atoms with van der Waals surface area (Å²) in [6.45, 7) is 0.310. The van der Waals surface area contributed by atoms with E-state index in [0.29, 0.717) is 13.0 Å². The van der Waals surface area contributed by atoms with Gasteiger partial charge in [-0.25, -0.2) is 0 Å². The molecule has 17 heavy (non-hydrogen) atoms. The Morgan fingerprint density at radius 1 is 1.29 bits per heavy atom. The Balaban J connectivity index is 3.06. The predicted octanol–water partition coefficient (Wildman–Crippen LogP) is 2.21. The maximum absolute atomic E-state index is 12.5. The zero-order valence-electron chi connectivity index (χ0n) is 9.05. The molecule has 0 saturated carbocycles. The number of ketones is 1. The van der Waals surface area contributed by atoms with Crippen LogP contribution in [0.1, 0.15) is 28.8 Å². The van der Waals surface area contributed by atoms with Crippen LogP contribution in [0.15, 0.2) is 18.2 Å². The molecule has 0 aliphatic carbocycles. The number of hydrogen-bond acceptors (Lipinski definition) is 3. The SMILES string of the molecule is NCCCC(=O)c1cccc(C(F)(F)F)c1N. The number of halogens is 3. The molecule has 0 unspecified atom stereocenters. The van der Waals surface area contributed by atoms with E-state index in [1.165, 1.54) is 12.1 Å². The van der Waals surface area contributed by atoms with Crippen LogP contribution in [0.25, 0.3) is 0 Å². The van der Waals surface area contributed by atoms with E-state index in [1.54, 1.807) is 0 Å². The fourth-order valence-corrected chi connectivity index (χ4v) is 1.45. The molecule has 0 atom stereocenters. The van der Waals surface area contributed by atoms with Crippen LogP contribution in [0.4, 0.5) is 18.9 Å². The summed E-state index contributed by atoms with van der Waals surface area (Å²) >= 11 is 0. The van der Waals surface area contributed by atoms with E-state index in [2.05, 4.69) is 0 Å². The lowest BCUT2D eigenvalue weighted by Crippen LogP contribution is -2.13. The van der Waals surface area contributed by atoms with Crippen LogP contribution in [0.5, 0.6) is 0 Å². The number of nitrogen functional groups attached to an aromatic ring is 1. The molecule has 3 nitrogen and oxygen atoms in total. The van der Waals surface area contributed by atoms with E-state index in [1.807, 2.05) is 0 Å². The summed E-state index contributed by atoms with van der Waals surface area (Å²) in [7, 11) is 0. The highest BCUT2D eigenvalue weighted by atomic mass is 19.4. The summed E-state index contributed by atoms with van der Waals surface area (Å²) in [5.74, 6) is -0.418. The van der Waals surface area contributed by atoms with Crippen LogP contribution >= 0.6 is 0 Å². The first-order valence-electron chi connectivity index (χ1n) is 5.07. The number of nitrogens with two attached hydrogens (primary N) is 2. The molecule has 0 heterocycles. The molecule has 0 spiro atoms. The largest absolute Gasteiger partial charge is 0.418 e. The molecule has 0 saturated heterocycles. The van der Waals surface area contributed by atoms with Gasteiger partial charge in [0.25, 0.3) is 0 Å². The van der Waals surface area contributed by atoms with E-state index in [9.17, 15) is 18.0 Å². The molecule has 1 aromatic rings. The molecular weight excluding hydrogens is 233 g/mol. The van der Waals surface area contributed by atoms with Crippen molar-refractivity contribution >= 4 is 11.5 Å². The van der Waals surface area contributed by atoms with Crippen LogP contribution in [0.2, 0.25) is 0 Å². The van der Waals surface area contributed by atoms with Gasteiger partial charge < -0.3 is 11.5 Å². The van der Waals surface area contributed by atoms with Crippen molar-refractivity contribution in [1.82, 2.24) is 0 Å². The van der Waals surface area contributed by atoms with E-state index in [0.717, 1.165) is 6.07 Å². The fraction of sp³-hybridized carbons (Fsp3) is 0.364. The molecule has 0 aliphatic rings. The molecule has 0 aliphatic heterocycles. The number of hydrogen-bond donors (Lipinski definition) is 2. The standard InChI is InChI=1S/C11H13F3N2O/c12-11(13,14)8-4-1-3-7(10(8)16)9(17)5-2-6-15/h1,3-4H,2,5-6,15-16H2. The van der Waals surface area contributed by atoms with Crippen molar-refractivity contribution in [1.29, 1.82) is 0 Å². The van der Waals surface area contributed by atoms with Gasteiger partial charge in [0.15, 0.2) is 5.78 Å². The van der Waals surface area contributed by atoms with Gasteiger partial charge in [-0.2, -0.15) is 13.2 Å². The van der Waals surface area contributed by atoms with E-state index < -0.39 is 23.2 Å². The molecule has 0 amide bonds. The number of anilines is 1. The maximum atomic E-state index is 12.5. The number of para-hydroxylation sites is 1. The number of alkyl halides is 3. The molecule has 1 rings (SSSR count). The summed E-state index contributed by atoms with van der Waals surface area (Å²) in [5.41, 5.74) is 9.02. The molecule has 94 valence electrons. The fourth-order valence-electron chi connectivity index (χ4n) is 1.45. The first-order valence-corrected chi connectivity index (χ1v) is 5.07. The summed E-state index contributed by atoms with van der Waals surface area (Å²) in [6, 6.07) is 3.33. The normalized spacial score (nSPS) is 11.5. The lowest BCUT2D eigenvalue weighted by Gasteiger charge is -2.12. The van der Waals surface area contributed by atoms with Crippen molar-refractivity contribution in [3.05, 3.63) is 29.3 Å². The topological polar surface area (TPSA) is 69.1 Å². The average Bonchev–Trinajstić information content (AvgIpc) is 2.24. The van der Waals surface area contributed by atoms with Gasteiger partial charge in [-0.15, -0.1) is 0 Å². The third kappa shape index (κ3) is 3.20. The second-order valence-electron chi connectivity index (χ2n) is 3.58. The molecular formula is C11H13F3N2O. The Morgan fingerprint density at radius 3 is 2.47 bits per heavy atom. The zero-order chi connectivity index (χ0) is 13.1. The number of benzene rings is 1. The highest BCUT2D eigenvalue weighted by Gasteiger charge is 2.34. The van der Waals surface area contributed by atoms with Crippen molar-refractivity contribution in [2.75, 3.05) is 12.3 Å². The number of rotatable bonds is 4.